The first-order valence-corrected chi connectivity index (χ1v) is 20.7. The summed E-state index contributed by atoms with van der Waals surface area (Å²) < 4.78 is 14.3. The monoisotopic (exact) mass is 510 g/mol. The second-order valence-electron chi connectivity index (χ2n) is 2.12. The molecule has 0 atom stereocenters. The zero-order valence-corrected chi connectivity index (χ0v) is 18.6. The van der Waals surface area contributed by atoms with E-state index in [0.717, 1.165) is 0 Å². The molecule has 0 aliphatic heterocycles. The second-order valence-corrected chi connectivity index (χ2v) is 28.4. The lowest BCUT2D eigenvalue weighted by molar-refractivity contribution is 0.399. The first-order valence-electron chi connectivity index (χ1n) is 3.11. The van der Waals surface area contributed by atoms with Crippen molar-refractivity contribution in [3.05, 3.63) is 0 Å². The largest absolute Gasteiger partial charge is 0.536 e. The molecule has 104 valence electrons. The molecule has 0 unspecified atom stereocenters. The van der Waals surface area contributed by atoms with Crippen LogP contribution in [0.1, 0.15) is 0 Å². The standard InChI is InChI=1S/Cl10O3Si4/c1-14(2,3)11-16(7,8)13-17(9,10)12-15(4,5)6. The van der Waals surface area contributed by atoms with Crippen LogP contribution in [0.4, 0.5) is 0 Å². The third kappa shape index (κ3) is 13.1. The number of rotatable bonds is 6. The normalized spacial score (nSPS) is 15.2. The van der Waals surface area contributed by atoms with Gasteiger partial charge in [0.05, 0.1) is 0 Å². The van der Waals surface area contributed by atoms with E-state index in [1.807, 2.05) is 0 Å². The molecule has 0 spiro atoms. The van der Waals surface area contributed by atoms with Gasteiger partial charge in [0, 0.05) is 0 Å². The van der Waals surface area contributed by atoms with Crippen molar-refractivity contribution in [2.45, 2.75) is 0 Å². The molecule has 0 rings (SSSR count). The summed E-state index contributed by atoms with van der Waals surface area (Å²) in [4.78, 5) is 0. The summed E-state index contributed by atoms with van der Waals surface area (Å²) in [5.74, 6) is 0. The first kappa shape index (κ1) is 20.6. The molecule has 0 aromatic carbocycles. The molecule has 0 bridgehead atoms. The van der Waals surface area contributed by atoms with E-state index in [2.05, 4.69) is 0 Å². The van der Waals surface area contributed by atoms with Crippen LogP contribution in [0.5, 0.6) is 0 Å². The Labute approximate surface area is 148 Å². The molecular formula is Cl10O3Si4. The zero-order valence-electron chi connectivity index (χ0n) is 7.00. The van der Waals surface area contributed by atoms with E-state index in [1.165, 1.54) is 0 Å². The van der Waals surface area contributed by atoms with Gasteiger partial charge in [0.2, 0.25) is 0 Å². The summed E-state index contributed by atoms with van der Waals surface area (Å²) >= 11 is 55.2. The maximum Gasteiger partial charge on any atom is 0.536 e. The molecule has 3 nitrogen and oxygen atoms in total. The highest BCUT2D eigenvalue weighted by Crippen LogP contribution is 2.38. The van der Waals surface area contributed by atoms with Gasteiger partial charge in [-0.3, -0.25) is 0 Å². The molecule has 0 amide bonds. The van der Waals surface area contributed by atoms with Crippen LogP contribution in [-0.2, 0) is 12.3 Å². The van der Waals surface area contributed by atoms with Crippen molar-refractivity contribution in [3.8, 4) is 0 Å². The first-order chi connectivity index (χ1) is 7.12. The van der Waals surface area contributed by atoms with Gasteiger partial charge in [0.25, 0.3) is 0 Å². The van der Waals surface area contributed by atoms with Gasteiger partial charge < -0.3 is 12.3 Å². The fraction of sp³-hybridized carbons (Fsp3) is 0. The third-order valence-corrected chi connectivity index (χ3v) is 16.1. The van der Waals surface area contributed by atoms with Gasteiger partial charge in [0.15, 0.2) is 0 Å². The van der Waals surface area contributed by atoms with E-state index < -0.39 is 26.9 Å². The van der Waals surface area contributed by atoms with E-state index in [9.17, 15) is 0 Å². The van der Waals surface area contributed by atoms with Crippen LogP contribution in [0.3, 0.4) is 0 Å². The Hall–Kier alpha value is 3.65. The van der Waals surface area contributed by atoms with Gasteiger partial charge in [-0.05, 0) is 0 Å². The van der Waals surface area contributed by atoms with Crippen LogP contribution in [0, 0.1) is 0 Å². The molecule has 17 heavy (non-hydrogen) atoms. The maximum atomic E-state index is 5.65. The predicted octanol–water partition coefficient (Wildman–Crippen LogP) is 5.17. The topological polar surface area (TPSA) is 27.7 Å². The number of hydrogen-bond donors (Lipinski definition) is 0. The van der Waals surface area contributed by atoms with E-state index in [-0.39, 0.29) is 0 Å². The van der Waals surface area contributed by atoms with Crippen LogP contribution < -0.4 is 0 Å². The second kappa shape index (κ2) is 7.27. The molecule has 0 heterocycles. The number of hydrogen-bond acceptors (Lipinski definition) is 3. The smallest absolute Gasteiger partial charge is 0.378 e. The molecule has 0 saturated carbocycles. The third-order valence-electron chi connectivity index (χ3n) is 0.707. The molecule has 0 saturated heterocycles. The molecule has 0 aromatic rings. The minimum Gasteiger partial charge on any atom is -0.378 e. The minimum atomic E-state index is -3.94. The Morgan fingerprint density at radius 3 is 0.824 bits per heavy atom. The van der Waals surface area contributed by atoms with Crippen molar-refractivity contribution in [2.75, 3.05) is 0 Å². The van der Waals surface area contributed by atoms with Gasteiger partial charge in [-0.2, -0.15) is 0 Å². The Morgan fingerprint density at radius 1 is 0.412 bits per heavy atom. The SMILES string of the molecule is Cl[Si](Cl)(Cl)O[Si](Cl)(Cl)O[Si](Cl)(Cl)O[Si](Cl)(Cl)Cl. The van der Waals surface area contributed by atoms with Crippen molar-refractivity contribution in [1.82, 2.24) is 0 Å². The molecule has 0 radical (unpaired) electrons. The Kier molecular flexibility index (Phi) is 8.83. The molecule has 0 aliphatic carbocycles. The van der Waals surface area contributed by atoms with Gasteiger partial charge in [-0.15, -0.1) is 0 Å². The predicted molar refractivity (Wildman–Crippen MR) is 84.8 cm³/mol. The quantitative estimate of drug-likeness (QED) is 0.362. The Balaban J connectivity index is 4.59. The summed E-state index contributed by atoms with van der Waals surface area (Å²) in [5, 5.41) is 0. The lowest BCUT2D eigenvalue weighted by Crippen LogP contribution is -2.48. The van der Waals surface area contributed by atoms with Gasteiger partial charge in [-0.1, -0.05) is 111 Å². The van der Waals surface area contributed by atoms with Crippen molar-refractivity contribution >= 4 is 138 Å². The average Bonchev–Trinajstić information content (AvgIpc) is 1.65. The van der Waals surface area contributed by atoms with Crippen LogP contribution in [0.2, 0.25) is 0 Å². The molecular weight excluding hydrogens is 515 g/mol. The summed E-state index contributed by atoms with van der Waals surface area (Å²) in [6.45, 7) is 0. The molecule has 0 N–H and O–H groups in total. The lowest BCUT2D eigenvalue weighted by Gasteiger charge is -2.27. The molecule has 0 aromatic heterocycles. The van der Waals surface area contributed by atoms with Crippen LogP contribution in [-0.4, -0.2) is 26.9 Å². The van der Waals surface area contributed by atoms with E-state index >= 15 is 0 Å². The van der Waals surface area contributed by atoms with Gasteiger partial charge in [-0.25, -0.2) is 0 Å². The number of halogens is 10. The van der Waals surface area contributed by atoms with Crippen molar-refractivity contribution in [3.63, 3.8) is 0 Å². The van der Waals surface area contributed by atoms with Gasteiger partial charge >= 0.3 is 26.9 Å². The van der Waals surface area contributed by atoms with Crippen molar-refractivity contribution in [2.24, 2.45) is 0 Å². The molecule has 17 heteroatoms. The van der Waals surface area contributed by atoms with Crippen LogP contribution in [0.25, 0.3) is 0 Å². The minimum absolute atomic E-state index is 3.60. The van der Waals surface area contributed by atoms with Crippen molar-refractivity contribution in [1.29, 1.82) is 0 Å². The molecule has 0 fully saturated rings. The Bertz CT molecular complexity index is 227. The average molecular weight is 515 g/mol. The molecule has 0 aliphatic rings. The summed E-state index contributed by atoms with van der Waals surface area (Å²) in [7, 11) is -7.89. The summed E-state index contributed by atoms with van der Waals surface area (Å²) in [5.41, 5.74) is 0. The summed E-state index contributed by atoms with van der Waals surface area (Å²) in [6.07, 6.45) is -7.20. The Morgan fingerprint density at radius 2 is 0.647 bits per heavy atom. The van der Waals surface area contributed by atoms with E-state index in [4.69, 9.17) is 123 Å². The fourth-order valence-electron chi connectivity index (χ4n) is 0.449. The van der Waals surface area contributed by atoms with Crippen LogP contribution >= 0.6 is 111 Å². The van der Waals surface area contributed by atoms with E-state index in [0.29, 0.717) is 0 Å². The van der Waals surface area contributed by atoms with Crippen LogP contribution in [0.15, 0.2) is 0 Å². The van der Waals surface area contributed by atoms with Gasteiger partial charge in [0.1, 0.15) is 0 Å². The highest BCUT2D eigenvalue weighted by atomic mass is 35.8. The highest BCUT2D eigenvalue weighted by molar-refractivity contribution is 7.66. The summed E-state index contributed by atoms with van der Waals surface area (Å²) in [6, 6.07) is 0. The highest BCUT2D eigenvalue weighted by Gasteiger charge is 2.55. The lowest BCUT2D eigenvalue weighted by atomic mass is 15.7. The van der Waals surface area contributed by atoms with Crippen molar-refractivity contribution < 1.29 is 12.3 Å². The zero-order chi connectivity index (χ0) is 14.1. The maximum absolute atomic E-state index is 5.65. The fourth-order valence-corrected chi connectivity index (χ4v) is 24.4. The van der Waals surface area contributed by atoms with E-state index in [1.54, 1.807) is 0 Å².